The van der Waals surface area contributed by atoms with E-state index in [-0.39, 0.29) is 5.91 Å². The van der Waals surface area contributed by atoms with Crippen molar-refractivity contribution in [2.24, 2.45) is 5.92 Å². The van der Waals surface area contributed by atoms with Crippen molar-refractivity contribution in [1.82, 2.24) is 4.90 Å². The van der Waals surface area contributed by atoms with E-state index in [0.29, 0.717) is 12.0 Å². The van der Waals surface area contributed by atoms with Crippen LogP contribution in [0.3, 0.4) is 0 Å². The van der Waals surface area contributed by atoms with Crippen LogP contribution in [0.1, 0.15) is 59.8 Å². The van der Waals surface area contributed by atoms with Gasteiger partial charge in [-0.05, 0) is 39.0 Å². The van der Waals surface area contributed by atoms with Crippen LogP contribution in [-0.2, 0) is 4.79 Å². The van der Waals surface area contributed by atoms with Gasteiger partial charge in [-0.1, -0.05) is 26.7 Å². The van der Waals surface area contributed by atoms with Gasteiger partial charge in [0.2, 0.25) is 0 Å². The highest BCUT2D eigenvalue weighted by molar-refractivity contribution is 5.84. The van der Waals surface area contributed by atoms with Crippen molar-refractivity contribution in [2.75, 3.05) is 6.54 Å². The summed E-state index contributed by atoms with van der Waals surface area (Å²) in [5.41, 5.74) is -1.24. The van der Waals surface area contributed by atoms with Gasteiger partial charge in [0.15, 0.2) is 0 Å². The van der Waals surface area contributed by atoms with Gasteiger partial charge in [0.25, 0.3) is 5.91 Å². The number of rotatable bonds is 5. The molecule has 3 nitrogen and oxygen atoms in total. The summed E-state index contributed by atoms with van der Waals surface area (Å²) in [6.07, 6.45) is 5.63. The molecule has 17 heavy (non-hydrogen) atoms. The van der Waals surface area contributed by atoms with E-state index in [9.17, 15) is 9.90 Å². The predicted octanol–water partition coefficient (Wildman–Crippen LogP) is 2.57. The summed E-state index contributed by atoms with van der Waals surface area (Å²) in [6.45, 7) is 8.30. The maximum Gasteiger partial charge on any atom is 0.254 e. The summed E-state index contributed by atoms with van der Waals surface area (Å²) >= 11 is 0. The Balaban J connectivity index is 2.67. The molecule has 0 unspecified atom stereocenters. The molecule has 0 aromatic heterocycles. The van der Waals surface area contributed by atoms with Crippen molar-refractivity contribution in [2.45, 2.75) is 71.4 Å². The fraction of sp³-hybridized carbons (Fsp3) is 0.929. The lowest BCUT2D eigenvalue weighted by atomic mass is 10.0. The quantitative estimate of drug-likeness (QED) is 0.803. The van der Waals surface area contributed by atoms with E-state index in [1.807, 2.05) is 4.90 Å². The summed E-state index contributed by atoms with van der Waals surface area (Å²) in [4.78, 5) is 14.2. The molecule has 0 aromatic rings. The smallest absolute Gasteiger partial charge is 0.254 e. The van der Waals surface area contributed by atoms with Crippen LogP contribution in [-0.4, -0.2) is 34.1 Å². The Kier molecular flexibility index (Phi) is 4.99. The van der Waals surface area contributed by atoms with E-state index in [4.69, 9.17) is 0 Å². The Hall–Kier alpha value is -0.570. The zero-order valence-corrected chi connectivity index (χ0v) is 11.7. The summed E-state index contributed by atoms with van der Waals surface area (Å²) in [5, 5.41) is 9.89. The Morgan fingerprint density at radius 3 is 2.29 bits per heavy atom. The number of aliphatic hydroxyl groups is 1. The van der Waals surface area contributed by atoms with Gasteiger partial charge in [0, 0.05) is 12.6 Å². The molecule has 0 aliphatic heterocycles. The average Bonchev–Trinajstić information content (AvgIpc) is 2.69. The fourth-order valence-electron chi connectivity index (χ4n) is 2.41. The average molecular weight is 241 g/mol. The summed E-state index contributed by atoms with van der Waals surface area (Å²) in [6, 6.07) is 0.354. The van der Waals surface area contributed by atoms with Crippen molar-refractivity contribution < 1.29 is 9.90 Å². The molecule has 0 spiro atoms. The topological polar surface area (TPSA) is 40.5 Å². The molecule has 1 N–H and O–H groups in total. The molecule has 1 aliphatic carbocycles. The van der Waals surface area contributed by atoms with Crippen LogP contribution in [0, 0.1) is 5.92 Å². The highest BCUT2D eigenvalue weighted by Gasteiger charge is 2.34. The Bertz CT molecular complexity index is 249. The zero-order chi connectivity index (χ0) is 13.1. The second-order valence-corrected chi connectivity index (χ2v) is 6.18. The molecule has 1 amide bonds. The molecule has 0 atom stereocenters. The summed E-state index contributed by atoms with van der Waals surface area (Å²) in [7, 11) is 0. The molecule has 0 saturated heterocycles. The maximum absolute atomic E-state index is 12.2. The molecule has 3 heteroatoms. The molecule has 0 bridgehead atoms. The number of amides is 1. The van der Waals surface area contributed by atoms with Crippen LogP contribution < -0.4 is 0 Å². The van der Waals surface area contributed by atoms with Crippen LogP contribution >= 0.6 is 0 Å². The van der Waals surface area contributed by atoms with E-state index < -0.39 is 5.60 Å². The van der Waals surface area contributed by atoms with Gasteiger partial charge >= 0.3 is 0 Å². The fourth-order valence-corrected chi connectivity index (χ4v) is 2.41. The minimum absolute atomic E-state index is 0.106. The Labute approximate surface area is 105 Å². The molecular formula is C14H27NO2. The van der Waals surface area contributed by atoms with E-state index in [0.717, 1.165) is 25.8 Å². The number of carbonyl (C=O) groups excluding carboxylic acids is 1. The van der Waals surface area contributed by atoms with Crippen molar-refractivity contribution in [3.8, 4) is 0 Å². The van der Waals surface area contributed by atoms with Crippen LogP contribution in [0.2, 0.25) is 0 Å². The van der Waals surface area contributed by atoms with Gasteiger partial charge < -0.3 is 10.0 Å². The first-order valence-corrected chi connectivity index (χ1v) is 6.86. The number of carbonyl (C=O) groups is 1. The van der Waals surface area contributed by atoms with E-state index in [2.05, 4.69) is 13.8 Å². The maximum atomic E-state index is 12.2. The lowest BCUT2D eigenvalue weighted by molar-refractivity contribution is -0.150. The van der Waals surface area contributed by atoms with Crippen molar-refractivity contribution in [3.05, 3.63) is 0 Å². The lowest BCUT2D eigenvalue weighted by Gasteiger charge is -2.34. The summed E-state index contributed by atoms with van der Waals surface area (Å²) < 4.78 is 0. The van der Waals surface area contributed by atoms with Crippen LogP contribution in [0.15, 0.2) is 0 Å². The van der Waals surface area contributed by atoms with Crippen LogP contribution in [0.5, 0.6) is 0 Å². The van der Waals surface area contributed by atoms with Gasteiger partial charge in [-0.25, -0.2) is 0 Å². The van der Waals surface area contributed by atoms with Gasteiger partial charge in [0.05, 0.1) is 0 Å². The largest absolute Gasteiger partial charge is 0.381 e. The van der Waals surface area contributed by atoms with Gasteiger partial charge in [-0.2, -0.15) is 0 Å². The van der Waals surface area contributed by atoms with E-state index in [1.54, 1.807) is 13.8 Å². The van der Waals surface area contributed by atoms with E-state index >= 15 is 0 Å². The Morgan fingerprint density at radius 1 is 1.35 bits per heavy atom. The number of hydrogen-bond donors (Lipinski definition) is 1. The van der Waals surface area contributed by atoms with E-state index in [1.165, 1.54) is 12.8 Å². The molecule has 100 valence electrons. The summed E-state index contributed by atoms with van der Waals surface area (Å²) in [5.74, 6) is 0.485. The third-order valence-corrected chi connectivity index (χ3v) is 3.50. The first-order chi connectivity index (χ1) is 7.82. The first-order valence-electron chi connectivity index (χ1n) is 6.86. The number of nitrogens with zero attached hydrogens (tertiary/aromatic N) is 1. The minimum Gasteiger partial charge on any atom is -0.381 e. The van der Waals surface area contributed by atoms with Crippen molar-refractivity contribution in [1.29, 1.82) is 0 Å². The van der Waals surface area contributed by atoms with Crippen LogP contribution in [0.25, 0.3) is 0 Å². The molecule has 1 saturated carbocycles. The third-order valence-electron chi connectivity index (χ3n) is 3.50. The zero-order valence-electron chi connectivity index (χ0n) is 11.7. The second-order valence-electron chi connectivity index (χ2n) is 6.18. The predicted molar refractivity (Wildman–Crippen MR) is 69.7 cm³/mol. The molecule has 0 heterocycles. The molecule has 1 aliphatic rings. The molecular weight excluding hydrogens is 214 g/mol. The second kappa shape index (κ2) is 5.85. The first kappa shape index (κ1) is 14.5. The lowest BCUT2D eigenvalue weighted by Crippen LogP contribution is -2.49. The Morgan fingerprint density at radius 2 is 1.88 bits per heavy atom. The van der Waals surface area contributed by atoms with Gasteiger partial charge in [-0.15, -0.1) is 0 Å². The SMILES string of the molecule is CC(C)CCN(C(=O)C(C)(C)O)C1CCCC1. The molecule has 1 fully saturated rings. The van der Waals surface area contributed by atoms with Crippen molar-refractivity contribution in [3.63, 3.8) is 0 Å². The normalized spacial score (nSPS) is 17.8. The monoisotopic (exact) mass is 241 g/mol. The van der Waals surface area contributed by atoms with Gasteiger partial charge in [-0.3, -0.25) is 4.79 Å². The molecule has 0 aromatic carbocycles. The van der Waals surface area contributed by atoms with Crippen LogP contribution in [0.4, 0.5) is 0 Å². The standard InChI is InChI=1S/C14H27NO2/c1-11(2)9-10-15(12-7-5-6-8-12)13(16)14(3,4)17/h11-12,17H,5-10H2,1-4H3. The molecule has 1 rings (SSSR count). The van der Waals surface area contributed by atoms with Gasteiger partial charge in [0.1, 0.15) is 5.60 Å². The number of hydrogen-bond acceptors (Lipinski definition) is 2. The third kappa shape index (κ3) is 4.30. The minimum atomic E-state index is -1.24. The highest BCUT2D eigenvalue weighted by Crippen LogP contribution is 2.26. The van der Waals surface area contributed by atoms with Crippen molar-refractivity contribution >= 4 is 5.91 Å². The highest BCUT2D eigenvalue weighted by atomic mass is 16.3. The molecule has 0 radical (unpaired) electrons.